The van der Waals surface area contributed by atoms with Crippen molar-refractivity contribution in [3.8, 4) is 0 Å². The largest absolute Gasteiger partial charge is 0.481 e. The van der Waals surface area contributed by atoms with Gasteiger partial charge in [0.15, 0.2) is 0 Å². The summed E-state index contributed by atoms with van der Waals surface area (Å²) in [6, 6.07) is 5.33. The predicted octanol–water partition coefficient (Wildman–Crippen LogP) is 1.19. The zero-order valence-electron chi connectivity index (χ0n) is 11.2. The fraction of sp³-hybridized carbons (Fsp3) is 0.286. The van der Waals surface area contributed by atoms with Gasteiger partial charge in [0.1, 0.15) is 5.92 Å². The summed E-state index contributed by atoms with van der Waals surface area (Å²) in [5.41, 5.74) is 0.277. The molecular formula is C14H12N2O6. The molecule has 0 radical (unpaired) electrons. The number of amides is 1. The van der Waals surface area contributed by atoms with Gasteiger partial charge in [-0.25, -0.2) is 0 Å². The number of anilines is 1. The third-order valence-corrected chi connectivity index (χ3v) is 3.83. The van der Waals surface area contributed by atoms with Gasteiger partial charge in [0.25, 0.3) is 5.69 Å². The summed E-state index contributed by atoms with van der Waals surface area (Å²) in [4.78, 5) is 33.7. The normalized spacial score (nSPS) is 28.5. The van der Waals surface area contributed by atoms with Crippen LogP contribution in [0, 0.1) is 22.0 Å². The maximum absolute atomic E-state index is 12.3. The highest BCUT2D eigenvalue weighted by Crippen LogP contribution is 2.39. The van der Waals surface area contributed by atoms with Gasteiger partial charge in [-0.05, 0) is 12.1 Å². The molecule has 1 aromatic carbocycles. The number of carbonyl (C=O) groups is 2. The number of hydrogen-bond acceptors (Lipinski definition) is 5. The Balaban J connectivity index is 1.75. The first kappa shape index (κ1) is 14.2. The standard InChI is InChI=1S/C14H12N2O6/c17-13(15-7-1-3-8(4-2-7)16(20)21)11-9-5-6-10(22-9)12(11)14(18)19/h1-6,9-12H,(H,15,17)(H,18,19). The first-order valence-corrected chi connectivity index (χ1v) is 6.59. The van der Waals surface area contributed by atoms with E-state index in [4.69, 9.17) is 4.74 Å². The molecule has 0 spiro atoms. The Morgan fingerprint density at radius 3 is 2.27 bits per heavy atom. The molecule has 2 aliphatic heterocycles. The minimum absolute atomic E-state index is 0.0902. The van der Waals surface area contributed by atoms with Gasteiger partial charge in [0, 0.05) is 17.8 Å². The molecule has 1 saturated heterocycles. The molecule has 22 heavy (non-hydrogen) atoms. The van der Waals surface area contributed by atoms with E-state index in [1.54, 1.807) is 12.2 Å². The summed E-state index contributed by atoms with van der Waals surface area (Å²) in [5.74, 6) is -3.30. The Kier molecular flexibility index (Phi) is 3.38. The highest BCUT2D eigenvalue weighted by Gasteiger charge is 2.53. The maximum Gasteiger partial charge on any atom is 0.310 e. The summed E-state index contributed by atoms with van der Waals surface area (Å²) in [6.07, 6.45) is 2.20. The van der Waals surface area contributed by atoms with Crippen molar-refractivity contribution in [1.29, 1.82) is 0 Å². The van der Waals surface area contributed by atoms with E-state index >= 15 is 0 Å². The van der Waals surface area contributed by atoms with Crippen LogP contribution in [0.5, 0.6) is 0 Å². The number of nitrogens with zero attached hydrogens (tertiary/aromatic N) is 1. The van der Waals surface area contributed by atoms with Crippen LogP contribution >= 0.6 is 0 Å². The van der Waals surface area contributed by atoms with E-state index in [0.717, 1.165) is 0 Å². The lowest BCUT2D eigenvalue weighted by Gasteiger charge is -2.20. The zero-order valence-corrected chi connectivity index (χ0v) is 11.2. The highest BCUT2D eigenvalue weighted by atomic mass is 16.6. The number of hydrogen-bond donors (Lipinski definition) is 2. The SMILES string of the molecule is O=C(O)C1C2C=CC(O2)C1C(=O)Nc1ccc([N+](=O)[O-])cc1. The van der Waals surface area contributed by atoms with Gasteiger partial charge in [-0.15, -0.1) is 0 Å². The first-order chi connectivity index (χ1) is 10.5. The number of carbonyl (C=O) groups excluding carboxylic acids is 1. The van der Waals surface area contributed by atoms with Gasteiger partial charge < -0.3 is 15.2 Å². The molecule has 8 heteroatoms. The fourth-order valence-electron chi connectivity index (χ4n) is 2.81. The molecule has 1 fully saturated rings. The second-order valence-corrected chi connectivity index (χ2v) is 5.13. The third-order valence-electron chi connectivity index (χ3n) is 3.83. The fourth-order valence-corrected chi connectivity index (χ4v) is 2.81. The van der Waals surface area contributed by atoms with E-state index in [9.17, 15) is 24.8 Å². The average Bonchev–Trinajstić information content (AvgIpc) is 3.08. The molecule has 2 N–H and O–H groups in total. The molecule has 3 rings (SSSR count). The van der Waals surface area contributed by atoms with E-state index in [1.165, 1.54) is 24.3 Å². The molecule has 4 unspecified atom stereocenters. The Morgan fingerprint density at radius 2 is 1.73 bits per heavy atom. The zero-order chi connectivity index (χ0) is 15.9. The lowest BCUT2D eigenvalue weighted by molar-refractivity contribution is -0.384. The van der Waals surface area contributed by atoms with Gasteiger partial charge in [-0.1, -0.05) is 12.2 Å². The molecule has 0 aliphatic carbocycles. The number of aliphatic carboxylic acids is 1. The average molecular weight is 304 g/mol. The van der Waals surface area contributed by atoms with Gasteiger partial charge >= 0.3 is 5.97 Å². The van der Waals surface area contributed by atoms with E-state index < -0.39 is 40.8 Å². The van der Waals surface area contributed by atoms with Crippen molar-refractivity contribution < 1.29 is 24.4 Å². The van der Waals surface area contributed by atoms with Gasteiger partial charge in [0.05, 0.1) is 23.0 Å². The van der Waals surface area contributed by atoms with E-state index in [0.29, 0.717) is 5.69 Å². The molecule has 114 valence electrons. The molecule has 1 aromatic rings. The van der Waals surface area contributed by atoms with E-state index in [-0.39, 0.29) is 5.69 Å². The smallest absolute Gasteiger partial charge is 0.310 e. The summed E-state index contributed by atoms with van der Waals surface area (Å²) in [5, 5.41) is 22.4. The van der Waals surface area contributed by atoms with Gasteiger partial charge in [-0.3, -0.25) is 19.7 Å². The third kappa shape index (κ3) is 2.33. The van der Waals surface area contributed by atoms with Crippen molar-refractivity contribution in [2.75, 3.05) is 5.32 Å². The number of benzene rings is 1. The van der Waals surface area contributed by atoms with Crippen LogP contribution in [0.25, 0.3) is 0 Å². The number of carboxylic acid groups (broad SMARTS) is 1. The van der Waals surface area contributed by atoms with Crippen LogP contribution in [0.4, 0.5) is 11.4 Å². The Bertz CT molecular complexity index is 668. The van der Waals surface area contributed by atoms with Crippen molar-refractivity contribution in [2.24, 2.45) is 11.8 Å². The number of nitrogens with one attached hydrogen (secondary N) is 1. The second kappa shape index (κ2) is 5.23. The monoisotopic (exact) mass is 304 g/mol. The van der Waals surface area contributed by atoms with Crippen molar-refractivity contribution in [3.63, 3.8) is 0 Å². The van der Waals surface area contributed by atoms with Crippen molar-refractivity contribution in [2.45, 2.75) is 12.2 Å². The minimum Gasteiger partial charge on any atom is -0.481 e. The number of nitro groups is 1. The van der Waals surface area contributed by atoms with Crippen LogP contribution in [0.2, 0.25) is 0 Å². The minimum atomic E-state index is -1.08. The van der Waals surface area contributed by atoms with E-state index in [1.807, 2.05) is 0 Å². The molecule has 8 nitrogen and oxygen atoms in total. The van der Waals surface area contributed by atoms with Crippen LogP contribution in [-0.2, 0) is 14.3 Å². The second-order valence-electron chi connectivity index (χ2n) is 5.13. The first-order valence-electron chi connectivity index (χ1n) is 6.59. The van der Waals surface area contributed by atoms with Crippen LogP contribution < -0.4 is 5.32 Å². The lowest BCUT2D eigenvalue weighted by Crippen LogP contribution is -2.39. The molecule has 2 aliphatic rings. The number of rotatable bonds is 4. The lowest BCUT2D eigenvalue weighted by atomic mass is 9.82. The molecule has 2 bridgehead atoms. The molecule has 2 heterocycles. The topological polar surface area (TPSA) is 119 Å². The summed E-state index contributed by atoms with van der Waals surface area (Å²) >= 11 is 0. The van der Waals surface area contributed by atoms with E-state index in [2.05, 4.69) is 5.32 Å². The number of non-ortho nitro benzene ring substituents is 1. The van der Waals surface area contributed by atoms with Crippen molar-refractivity contribution >= 4 is 23.3 Å². The number of carboxylic acids is 1. The quantitative estimate of drug-likeness (QED) is 0.490. The Labute approximate surface area is 124 Å². The molecule has 0 saturated carbocycles. The Hall–Kier alpha value is -2.74. The van der Waals surface area contributed by atoms with Gasteiger partial charge in [-0.2, -0.15) is 0 Å². The number of nitro benzene ring substituents is 1. The molecule has 0 aromatic heterocycles. The number of fused-ring (bicyclic) bond motifs is 2. The summed E-state index contributed by atoms with van der Waals surface area (Å²) in [7, 11) is 0. The highest BCUT2D eigenvalue weighted by molar-refractivity contribution is 5.96. The summed E-state index contributed by atoms with van der Waals surface area (Å²) in [6.45, 7) is 0. The van der Waals surface area contributed by atoms with Crippen molar-refractivity contribution in [3.05, 3.63) is 46.5 Å². The molecule has 4 atom stereocenters. The van der Waals surface area contributed by atoms with Crippen LogP contribution in [-0.4, -0.2) is 34.1 Å². The maximum atomic E-state index is 12.3. The molecular weight excluding hydrogens is 292 g/mol. The summed E-state index contributed by atoms with van der Waals surface area (Å²) < 4.78 is 5.43. The van der Waals surface area contributed by atoms with Crippen LogP contribution in [0.3, 0.4) is 0 Å². The van der Waals surface area contributed by atoms with Crippen molar-refractivity contribution in [1.82, 2.24) is 0 Å². The Morgan fingerprint density at radius 1 is 1.14 bits per heavy atom. The predicted molar refractivity (Wildman–Crippen MR) is 74.1 cm³/mol. The molecule has 1 amide bonds. The van der Waals surface area contributed by atoms with Crippen LogP contribution in [0.15, 0.2) is 36.4 Å². The van der Waals surface area contributed by atoms with Gasteiger partial charge in [0.2, 0.25) is 5.91 Å². The van der Waals surface area contributed by atoms with Crippen LogP contribution in [0.1, 0.15) is 0 Å². The number of ether oxygens (including phenoxy) is 1.